The molecule has 0 heterocycles. The van der Waals surface area contributed by atoms with Crippen LogP contribution in [0.15, 0.2) is 36.4 Å². The summed E-state index contributed by atoms with van der Waals surface area (Å²) < 4.78 is 10.9. The molecule has 0 amide bonds. The lowest BCUT2D eigenvalue weighted by Gasteiger charge is -2.11. The van der Waals surface area contributed by atoms with Crippen molar-refractivity contribution in [3.63, 3.8) is 0 Å². The Hall–Kier alpha value is -1.49. The lowest BCUT2D eigenvalue weighted by atomic mass is 10.2. The highest BCUT2D eigenvalue weighted by atomic mass is 35.5. The van der Waals surface area contributed by atoms with Gasteiger partial charge in [-0.25, -0.2) is 0 Å². The van der Waals surface area contributed by atoms with Crippen LogP contribution in [0.25, 0.3) is 0 Å². The predicted molar refractivity (Wildman–Crippen MR) is 89.7 cm³/mol. The van der Waals surface area contributed by atoms with Crippen LogP contribution in [0.2, 0.25) is 10.0 Å². The van der Waals surface area contributed by atoms with E-state index < -0.39 is 0 Å². The quantitative estimate of drug-likeness (QED) is 0.827. The number of halogens is 2. The van der Waals surface area contributed by atoms with Crippen molar-refractivity contribution in [2.75, 3.05) is 7.11 Å². The van der Waals surface area contributed by atoms with Gasteiger partial charge < -0.3 is 15.2 Å². The molecule has 0 aliphatic carbocycles. The Labute approximate surface area is 138 Å². The van der Waals surface area contributed by atoms with Gasteiger partial charge in [-0.2, -0.15) is 0 Å². The van der Waals surface area contributed by atoms with Crippen molar-refractivity contribution in [2.45, 2.75) is 6.61 Å². The first-order chi connectivity index (χ1) is 9.99. The molecule has 6 heteroatoms. The summed E-state index contributed by atoms with van der Waals surface area (Å²) in [6, 6.07) is 10.6. The Morgan fingerprint density at radius 3 is 2.43 bits per heavy atom. The first kappa shape index (κ1) is 15.9. The van der Waals surface area contributed by atoms with Crippen molar-refractivity contribution in [1.82, 2.24) is 0 Å². The van der Waals surface area contributed by atoms with Gasteiger partial charge in [0.05, 0.1) is 17.2 Å². The molecule has 3 nitrogen and oxygen atoms in total. The Morgan fingerprint density at radius 1 is 1.10 bits per heavy atom. The van der Waals surface area contributed by atoms with Crippen molar-refractivity contribution in [3.05, 3.63) is 57.6 Å². The second kappa shape index (κ2) is 6.98. The number of thiocarbonyl (C=S) groups is 1. The third-order valence-electron chi connectivity index (χ3n) is 2.79. The maximum absolute atomic E-state index is 5.97. The molecule has 0 aliphatic heterocycles. The number of hydrogen-bond acceptors (Lipinski definition) is 3. The fourth-order valence-corrected chi connectivity index (χ4v) is 2.15. The van der Waals surface area contributed by atoms with E-state index in [1.165, 1.54) is 0 Å². The summed E-state index contributed by atoms with van der Waals surface area (Å²) in [5, 5.41) is 1.00. The molecule has 2 aromatic rings. The monoisotopic (exact) mass is 341 g/mol. The Morgan fingerprint density at radius 2 is 1.81 bits per heavy atom. The Bertz CT molecular complexity index is 677. The zero-order chi connectivity index (χ0) is 15.4. The van der Waals surface area contributed by atoms with Crippen molar-refractivity contribution in [2.24, 2.45) is 5.73 Å². The van der Waals surface area contributed by atoms with E-state index in [1.807, 2.05) is 6.07 Å². The SMILES string of the molecule is COc1cc(OCc2ccc(Cl)c(Cl)c2)cc(C(N)=S)c1. The van der Waals surface area contributed by atoms with Crippen LogP contribution >= 0.6 is 35.4 Å². The fraction of sp³-hybridized carbons (Fsp3) is 0.133. The smallest absolute Gasteiger partial charge is 0.124 e. The third-order valence-corrected chi connectivity index (χ3v) is 3.76. The van der Waals surface area contributed by atoms with Gasteiger partial charge in [-0.05, 0) is 29.8 Å². The maximum Gasteiger partial charge on any atom is 0.124 e. The van der Waals surface area contributed by atoms with Crippen LogP contribution in [-0.4, -0.2) is 12.1 Å². The molecule has 0 radical (unpaired) electrons. The standard InChI is InChI=1S/C15H13Cl2NO2S/c1-19-11-5-10(15(18)21)6-12(7-11)20-8-9-2-3-13(16)14(17)4-9/h2-7H,8H2,1H3,(H2,18,21). The Balaban J connectivity index is 2.17. The summed E-state index contributed by atoms with van der Waals surface area (Å²) in [7, 11) is 1.57. The molecule has 0 unspecified atom stereocenters. The number of methoxy groups -OCH3 is 1. The van der Waals surface area contributed by atoms with Crippen molar-refractivity contribution in [3.8, 4) is 11.5 Å². The number of nitrogens with two attached hydrogens (primary N) is 1. The van der Waals surface area contributed by atoms with Gasteiger partial charge in [0.1, 0.15) is 23.1 Å². The van der Waals surface area contributed by atoms with E-state index in [9.17, 15) is 0 Å². The van der Waals surface area contributed by atoms with Crippen molar-refractivity contribution < 1.29 is 9.47 Å². The molecule has 0 saturated carbocycles. The lowest BCUT2D eigenvalue weighted by molar-refractivity contribution is 0.303. The average molecular weight is 342 g/mol. The molecule has 2 aromatic carbocycles. The van der Waals surface area contributed by atoms with Gasteiger partial charge >= 0.3 is 0 Å². The average Bonchev–Trinajstić information content (AvgIpc) is 2.48. The number of rotatable bonds is 5. The van der Waals surface area contributed by atoms with Gasteiger partial charge in [0.15, 0.2) is 0 Å². The second-order valence-electron chi connectivity index (χ2n) is 4.30. The van der Waals surface area contributed by atoms with E-state index in [0.29, 0.717) is 33.7 Å². The molecule has 0 aromatic heterocycles. The first-order valence-electron chi connectivity index (χ1n) is 6.05. The van der Waals surface area contributed by atoms with E-state index in [1.54, 1.807) is 37.4 Å². The van der Waals surface area contributed by atoms with Crippen LogP contribution in [0.5, 0.6) is 11.5 Å². The summed E-state index contributed by atoms with van der Waals surface area (Å²) in [6.45, 7) is 0.348. The fourth-order valence-electron chi connectivity index (χ4n) is 1.71. The summed E-state index contributed by atoms with van der Waals surface area (Å²) in [6.07, 6.45) is 0. The van der Waals surface area contributed by atoms with Gasteiger partial charge in [0.2, 0.25) is 0 Å². The highest BCUT2D eigenvalue weighted by Gasteiger charge is 2.06. The van der Waals surface area contributed by atoms with Crippen molar-refractivity contribution >= 4 is 40.4 Å². The predicted octanol–water partition coefficient (Wildman–Crippen LogP) is 4.22. The summed E-state index contributed by atoms with van der Waals surface area (Å²) in [5.41, 5.74) is 7.23. The Kier molecular flexibility index (Phi) is 5.28. The van der Waals surface area contributed by atoms with Crippen LogP contribution < -0.4 is 15.2 Å². The summed E-state index contributed by atoms with van der Waals surface area (Å²) in [4.78, 5) is 0.285. The minimum atomic E-state index is 0.285. The lowest BCUT2D eigenvalue weighted by Crippen LogP contribution is -2.09. The molecule has 0 atom stereocenters. The number of hydrogen-bond donors (Lipinski definition) is 1. The molecule has 110 valence electrons. The molecule has 2 rings (SSSR count). The molecule has 0 fully saturated rings. The molecular formula is C15H13Cl2NO2S. The van der Waals surface area contributed by atoms with Crippen LogP contribution in [0.4, 0.5) is 0 Å². The van der Waals surface area contributed by atoms with E-state index >= 15 is 0 Å². The number of benzene rings is 2. The topological polar surface area (TPSA) is 44.5 Å². The van der Waals surface area contributed by atoms with Crippen LogP contribution in [0, 0.1) is 0 Å². The van der Waals surface area contributed by atoms with Crippen LogP contribution in [0.3, 0.4) is 0 Å². The van der Waals surface area contributed by atoms with Gasteiger partial charge in [0, 0.05) is 11.6 Å². The largest absolute Gasteiger partial charge is 0.497 e. The highest BCUT2D eigenvalue weighted by molar-refractivity contribution is 7.80. The second-order valence-corrected chi connectivity index (χ2v) is 5.55. The molecular weight excluding hydrogens is 329 g/mol. The van der Waals surface area contributed by atoms with Gasteiger partial charge in [-0.3, -0.25) is 0 Å². The van der Waals surface area contributed by atoms with Gasteiger partial charge in [-0.15, -0.1) is 0 Å². The molecule has 21 heavy (non-hydrogen) atoms. The molecule has 0 bridgehead atoms. The minimum Gasteiger partial charge on any atom is -0.497 e. The third kappa shape index (κ3) is 4.24. The van der Waals surface area contributed by atoms with Gasteiger partial charge in [-0.1, -0.05) is 41.5 Å². The van der Waals surface area contributed by atoms with E-state index in [-0.39, 0.29) is 4.99 Å². The number of ether oxygens (including phenoxy) is 2. The normalized spacial score (nSPS) is 10.2. The molecule has 0 saturated heterocycles. The van der Waals surface area contributed by atoms with E-state index in [4.69, 9.17) is 50.6 Å². The maximum atomic E-state index is 5.97. The van der Waals surface area contributed by atoms with Gasteiger partial charge in [0.25, 0.3) is 0 Å². The van der Waals surface area contributed by atoms with E-state index in [0.717, 1.165) is 5.56 Å². The van der Waals surface area contributed by atoms with E-state index in [2.05, 4.69) is 0 Å². The van der Waals surface area contributed by atoms with Crippen LogP contribution in [0.1, 0.15) is 11.1 Å². The minimum absolute atomic E-state index is 0.285. The molecule has 0 aliphatic rings. The summed E-state index contributed by atoms with van der Waals surface area (Å²) in [5.74, 6) is 1.24. The van der Waals surface area contributed by atoms with Crippen LogP contribution in [-0.2, 0) is 6.61 Å². The summed E-state index contributed by atoms with van der Waals surface area (Å²) >= 11 is 16.8. The van der Waals surface area contributed by atoms with Crippen molar-refractivity contribution in [1.29, 1.82) is 0 Å². The molecule has 2 N–H and O–H groups in total. The highest BCUT2D eigenvalue weighted by Crippen LogP contribution is 2.26. The first-order valence-corrected chi connectivity index (χ1v) is 7.21. The zero-order valence-electron chi connectivity index (χ0n) is 11.2. The molecule has 0 spiro atoms. The zero-order valence-corrected chi connectivity index (χ0v) is 13.6.